The second kappa shape index (κ2) is 7.12. The number of halogens is 5. The number of nitrogens with zero attached hydrogens (tertiary/aromatic N) is 2. The van der Waals surface area contributed by atoms with E-state index in [2.05, 4.69) is 20.0 Å². The van der Waals surface area contributed by atoms with Gasteiger partial charge in [-0.15, -0.1) is 0 Å². The van der Waals surface area contributed by atoms with E-state index in [0.717, 1.165) is 0 Å². The van der Waals surface area contributed by atoms with E-state index in [9.17, 15) is 22.4 Å². The summed E-state index contributed by atoms with van der Waals surface area (Å²) in [6, 6.07) is 7.27. The van der Waals surface area contributed by atoms with Crippen LogP contribution >= 0.6 is 11.6 Å². The van der Waals surface area contributed by atoms with Crippen LogP contribution in [-0.2, 0) is 0 Å². The van der Waals surface area contributed by atoms with Crippen LogP contribution in [0.5, 0.6) is 0 Å². The predicted molar refractivity (Wildman–Crippen MR) is 84.0 cm³/mol. The second-order valence-electron chi connectivity index (χ2n) is 5.04. The first-order valence-corrected chi connectivity index (χ1v) is 7.41. The molecule has 0 bridgehead atoms. The van der Waals surface area contributed by atoms with Gasteiger partial charge in [-0.05, 0) is 24.3 Å². The van der Waals surface area contributed by atoms with Crippen LogP contribution < -0.4 is 5.32 Å². The Morgan fingerprint density at radius 1 is 1.15 bits per heavy atom. The molecule has 0 radical (unpaired) electrons. The molecule has 5 nitrogen and oxygen atoms in total. The summed E-state index contributed by atoms with van der Waals surface area (Å²) in [5, 5.41) is 5.60. The first kappa shape index (κ1) is 17.9. The van der Waals surface area contributed by atoms with Crippen molar-refractivity contribution in [3.8, 4) is 11.4 Å². The van der Waals surface area contributed by atoms with Crippen molar-refractivity contribution in [1.29, 1.82) is 0 Å². The normalized spacial score (nSPS) is 11.0. The van der Waals surface area contributed by atoms with Gasteiger partial charge in [-0.3, -0.25) is 4.79 Å². The fourth-order valence-corrected chi connectivity index (χ4v) is 2.31. The van der Waals surface area contributed by atoms with Crippen LogP contribution in [0.2, 0.25) is 5.02 Å². The number of benzene rings is 2. The Morgan fingerprint density at radius 3 is 2.58 bits per heavy atom. The van der Waals surface area contributed by atoms with Gasteiger partial charge < -0.3 is 9.84 Å². The van der Waals surface area contributed by atoms with Gasteiger partial charge in [0.15, 0.2) is 11.6 Å². The fraction of sp³-hybridized carbons (Fsp3) is 0.0625. The minimum atomic E-state index is -2.91. The van der Waals surface area contributed by atoms with Crippen LogP contribution in [-0.4, -0.2) is 16.0 Å². The number of amides is 1. The molecule has 134 valence electrons. The topological polar surface area (TPSA) is 68.0 Å². The van der Waals surface area contributed by atoms with Gasteiger partial charge in [0, 0.05) is 11.3 Å². The van der Waals surface area contributed by atoms with E-state index in [4.69, 9.17) is 11.6 Å². The number of hydrogen-bond donors (Lipinski definition) is 1. The molecule has 3 rings (SSSR count). The smallest absolute Gasteiger partial charge is 0.315 e. The standard InChI is InChI=1S/C16H8ClF4N3O2/c17-10-6-12(19)11(18)5-9(10)15(25)22-8-3-1-2-7(4-8)14-23-16(13(20)21)26-24-14/h1-6,13H,(H,22,25). The lowest BCUT2D eigenvalue weighted by atomic mass is 10.1. The van der Waals surface area contributed by atoms with E-state index in [1.807, 2.05) is 0 Å². The van der Waals surface area contributed by atoms with E-state index in [-0.39, 0.29) is 22.1 Å². The minimum Gasteiger partial charge on any atom is -0.333 e. The molecule has 3 aromatic rings. The largest absolute Gasteiger partial charge is 0.333 e. The number of aromatic nitrogens is 2. The molecule has 10 heteroatoms. The summed E-state index contributed by atoms with van der Waals surface area (Å²) in [5.41, 5.74) is 0.266. The molecule has 2 aromatic carbocycles. The van der Waals surface area contributed by atoms with Gasteiger partial charge in [0.2, 0.25) is 5.82 Å². The summed E-state index contributed by atoms with van der Waals surface area (Å²) in [6.45, 7) is 0. The Morgan fingerprint density at radius 2 is 1.88 bits per heavy atom. The Bertz CT molecular complexity index is 978. The molecule has 1 heterocycles. The first-order valence-electron chi connectivity index (χ1n) is 7.03. The lowest BCUT2D eigenvalue weighted by molar-refractivity contribution is 0.102. The molecule has 1 aromatic heterocycles. The fourth-order valence-electron chi connectivity index (χ4n) is 2.07. The quantitative estimate of drug-likeness (QED) is 0.514. The Kier molecular flexibility index (Phi) is 4.90. The maximum absolute atomic E-state index is 13.3. The lowest BCUT2D eigenvalue weighted by Crippen LogP contribution is -2.13. The molecule has 0 aliphatic rings. The number of alkyl halides is 2. The molecule has 0 spiro atoms. The van der Waals surface area contributed by atoms with Crippen LogP contribution in [0, 0.1) is 11.6 Å². The Balaban J connectivity index is 1.84. The summed E-state index contributed by atoms with van der Waals surface area (Å²) in [7, 11) is 0. The molecule has 26 heavy (non-hydrogen) atoms. The third-order valence-electron chi connectivity index (χ3n) is 3.26. The third kappa shape index (κ3) is 3.67. The van der Waals surface area contributed by atoms with E-state index in [1.54, 1.807) is 0 Å². The summed E-state index contributed by atoms with van der Waals surface area (Å²) in [5.74, 6) is -4.11. The number of carbonyl (C=O) groups excluding carboxylic acids is 1. The van der Waals surface area contributed by atoms with Crippen molar-refractivity contribution in [2.75, 3.05) is 5.32 Å². The van der Waals surface area contributed by atoms with Crippen LogP contribution in [0.25, 0.3) is 11.4 Å². The van der Waals surface area contributed by atoms with Crippen molar-refractivity contribution < 1.29 is 26.9 Å². The van der Waals surface area contributed by atoms with Crippen LogP contribution in [0.3, 0.4) is 0 Å². The second-order valence-corrected chi connectivity index (χ2v) is 5.45. The van der Waals surface area contributed by atoms with Crippen molar-refractivity contribution in [2.45, 2.75) is 6.43 Å². The molecular weight excluding hydrogens is 378 g/mol. The summed E-state index contributed by atoms with van der Waals surface area (Å²) < 4.78 is 55.8. The molecule has 0 saturated heterocycles. The zero-order valence-electron chi connectivity index (χ0n) is 12.6. The average Bonchev–Trinajstić information content (AvgIpc) is 3.08. The van der Waals surface area contributed by atoms with Crippen LogP contribution in [0.4, 0.5) is 23.2 Å². The summed E-state index contributed by atoms with van der Waals surface area (Å²) in [6.07, 6.45) is -2.91. The highest BCUT2D eigenvalue weighted by Crippen LogP contribution is 2.25. The molecule has 1 amide bonds. The van der Waals surface area contributed by atoms with Gasteiger partial charge >= 0.3 is 6.43 Å². The molecule has 0 unspecified atom stereocenters. The highest BCUT2D eigenvalue weighted by atomic mass is 35.5. The maximum atomic E-state index is 13.3. The van der Waals surface area contributed by atoms with E-state index in [0.29, 0.717) is 17.7 Å². The summed E-state index contributed by atoms with van der Waals surface area (Å²) >= 11 is 5.75. The molecule has 0 saturated carbocycles. The Labute approximate surface area is 148 Å². The third-order valence-corrected chi connectivity index (χ3v) is 3.57. The monoisotopic (exact) mass is 385 g/mol. The first-order chi connectivity index (χ1) is 12.3. The van der Waals surface area contributed by atoms with Crippen LogP contribution in [0.1, 0.15) is 22.7 Å². The lowest BCUT2D eigenvalue weighted by Gasteiger charge is -2.08. The predicted octanol–water partition coefficient (Wildman–Crippen LogP) is 4.86. The van der Waals surface area contributed by atoms with Crippen molar-refractivity contribution >= 4 is 23.2 Å². The van der Waals surface area contributed by atoms with Crippen LogP contribution in [0.15, 0.2) is 40.9 Å². The van der Waals surface area contributed by atoms with Gasteiger partial charge in [0.05, 0.1) is 10.6 Å². The van der Waals surface area contributed by atoms with Crippen molar-refractivity contribution in [3.63, 3.8) is 0 Å². The minimum absolute atomic E-state index is 0.0951. The zero-order valence-corrected chi connectivity index (χ0v) is 13.4. The van der Waals surface area contributed by atoms with Gasteiger partial charge in [-0.1, -0.05) is 28.9 Å². The van der Waals surface area contributed by atoms with E-state index in [1.165, 1.54) is 24.3 Å². The van der Waals surface area contributed by atoms with Gasteiger partial charge in [-0.25, -0.2) is 8.78 Å². The molecular formula is C16H8ClF4N3O2. The number of anilines is 1. The van der Waals surface area contributed by atoms with E-state index >= 15 is 0 Å². The number of nitrogens with one attached hydrogen (secondary N) is 1. The van der Waals surface area contributed by atoms with Gasteiger partial charge in [0.25, 0.3) is 11.8 Å². The molecule has 0 aliphatic heterocycles. The molecule has 0 fully saturated rings. The molecule has 1 N–H and O–H groups in total. The van der Waals surface area contributed by atoms with Gasteiger partial charge in [0.1, 0.15) is 0 Å². The number of hydrogen-bond acceptors (Lipinski definition) is 4. The Hall–Kier alpha value is -2.94. The van der Waals surface area contributed by atoms with Crippen molar-refractivity contribution in [3.05, 3.63) is 64.5 Å². The van der Waals surface area contributed by atoms with Crippen molar-refractivity contribution in [2.24, 2.45) is 0 Å². The highest BCUT2D eigenvalue weighted by molar-refractivity contribution is 6.34. The average molecular weight is 386 g/mol. The SMILES string of the molecule is O=C(Nc1cccc(-c2noc(C(F)F)n2)c1)c1cc(F)c(F)cc1Cl. The maximum Gasteiger partial charge on any atom is 0.315 e. The number of carbonyl (C=O) groups is 1. The highest BCUT2D eigenvalue weighted by Gasteiger charge is 2.18. The molecule has 0 atom stereocenters. The van der Waals surface area contributed by atoms with Crippen molar-refractivity contribution in [1.82, 2.24) is 10.1 Å². The summed E-state index contributed by atoms with van der Waals surface area (Å²) in [4.78, 5) is 15.7. The molecule has 0 aliphatic carbocycles. The van der Waals surface area contributed by atoms with Gasteiger partial charge in [-0.2, -0.15) is 13.8 Å². The number of rotatable bonds is 4. The zero-order chi connectivity index (χ0) is 18.8. The van der Waals surface area contributed by atoms with E-state index < -0.39 is 29.9 Å².